The number of hydrogen-bond donors (Lipinski definition) is 0. The summed E-state index contributed by atoms with van der Waals surface area (Å²) in [6, 6.07) is 6.78. The fourth-order valence-electron chi connectivity index (χ4n) is 2.61. The number of hydrogen-bond acceptors (Lipinski definition) is 4. The molecule has 0 unspecified atom stereocenters. The number of piperidine rings is 1. The Bertz CT molecular complexity index is 729. The summed E-state index contributed by atoms with van der Waals surface area (Å²) in [5.41, 5.74) is 0.965. The molecule has 1 saturated heterocycles. The summed E-state index contributed by atoms with van der Waals surface area (Å²) in [5, 5.41) is 7.90. The van der Waals surface area contributed by atoms with Crippen molar-refractivity contribution < 1.29 is 18.3 Å². The van der Waals surface area contributed by atoms with Crippen LogP contribution < -0.4 is 4.74 Å². The lowest BCUT2D eigenvalue weighted by molar-refractivity contribution is 0.0585. The molecule has 1 aliphatic rings. The smallest absolute Gasteiger partial charge is 0.253 e. The van der Waals surface area contributed by atoms with Gasteiger partial charge in [-0.1, -0.05) is 0 Å². The van der Waals surface area contributed by atoms with Crippen LogP contribution in [0.4, 0.5) is 8.78 Å². The molecule has 1 amide bonds. The molecule has 5 nitrogen and oxygen atoms in total. The van der Waals surface area contributed by atoms with Gasteiger partial charge in [0.1, 0.15) is 6.10 Å². The zero-order valence-electron chi connectivity index (χ0n) is 13.2. The third kappa shape index (κ3) is 3.67. The van der Waals surface area contributed by atoms with Crippen molar-refractivity contribution in [1.29, 1.82) is 0 Å². The van der Waals surface area contributed by atoms with Gasteiger partial charge in [-0.25, -0.2) is 8.78 Å². The van der Waals surface area contributed by atoms with Crippen LogP contribution in [0.3, 0.4) is 0 Å². The monoisotopic (exact) mass is 333 g/mol. The van der Waals surface area contributed by atoms with Crippen LogP contribution in [0.1, 0.15) is 28.9 Å². The van der Waals surface area contributed by atoms with Crippen LogP contribution in [0.5, 0.6) is 5.88 Å². The van der Waals surface area contributed by atoms with Gasteiger partial charge in [-0.3, -0.25) is 4.79 Å². The average Bonchev–Trinajstić information content (AvgIpc) is 2.59. The summed E-state index contributed by atoms with van der Waals surface area (Å²) in [5.74, 6) is -1.82. The van der Waals surface area contributed by atoms with E-state index in [9.17, 15) is 13.6 Å². The summed E-state index contributed by atoms with van der Waals surface area (Å²) in [7, 11) is 0. The fourth-order valence-corrected chi connectivity index (χ4v) is 2.61. The van der Waals surface area contributed by atoms with Gasteiger partial charge in [-0.15, -0.1) is 5.10 Å². The Kier molecular flexibility index (Phi) is 4.69. The lowest BCUT2D eigenvalue weighted by atomic mass is 10.1. The highest BCUT2D eigenvalue weighted by Crippen LogP contribution is 2.19. The predicted molar refractivity (Wildman–Crippen MR) is 82.7 cm³/mol. The van der Waals surface area contributed by atoms with E-state index in [1.54, 1.807) is 11.0 Å². The molecule has 1 aromatic heterocycles. The van der Waals surface area contributed by atoms with Crippen molar-refractivity contribution in [2.24, 2.45) is 0 Å². The minimum absolute atomic E-state index is 0.0454. The minimum atomic E-state index is -1.02. The van der Waals surface area contributed by atoms with Crippen LogP contribution in [0.15, 0.2) is 30.3 Å². The molecule has 2 aromatic rings. The first kappa shape index (κ1) is 16.3. The largest absolute Gasteiger partial charge is 0.473 e. The molecule has 0 atom stereocenters. The molecule has 0 bridgehead atoms. The highest BCUT2D eigenvalue weighted by molar-refractivity contribution is 5.94. The maximum absolute atomic E-state index is 13.3. The van der Waals surface area contributed by atoms with Gasteiger partial charge in [-0.05, 0) is 31.2 Å². The molecule has 0 saturated carbocycles. The molecular formula is C17H17F2N3O2. The second kappa shape index (κ2) is 6.90. The number of carbonyl (C=O) groups excluding carboxylic acids is 1. The van der Waals surface area contributed by atoms with Crippen LogP contribution in [0, 0.1) is 18.6 Å². The number of amides is 1. The number of aryl methyl sites for hydroxylation is 1. The minimum Gasteiger partial charge on any atom is -0.473 e. The topological polar surface area (TPSA) is 55.3 Å². The molecule has 0 N–H and O–H groups in total. The van der Waals surface area contributed by atoms with E-state index in [4.69, 9.17) is 4.74 Å². The Morgan fingerprint density at radius 2 is 1.88 bits per heavy atom. The normalized spacial score (nSPS) is 15.4. The van der Waals surface area contributed by atoms with E-state index in [1.807, 2.05) is 13.0 Å². The van der Waals surface area contributed by atoms with Crippen LogP contribution in [-0.4, -0.2) is 40.2 Å². The SMILES string of the molecule is Cc1ccc(OC2CCN(C(=O)c3ccc(F)c(F)c3)CC2)nn1. The van der Waals surface area contributed by atoms with Crippen molar-refractivity contribution in [2.45, 2.75) is 25.9 Å². The first-order chi connectivity index (χ1) is 11.5. The molecular weight excluding hydrogens is 316 g/mol. The molecule has 0 radical (unpaired) electrons. The number of halogens is 2. The average molecular weight is 333 g/mol. The number of aromatic nitrogens is 2. The second-order valence-electron chi connectivity index (χ2n) is 5.75. The molecule has 1 aromatic carbocycles. The van der Waals surface area contributed by atoms with Gasteiger partial charge in [-0.2, -0.15) is 5.10 Å². The van der Waals surface area contributed by atoms with E-state index >= 15 is 0 Å². The van der Waals surface area contributed by atoms with Gasteiger partial charge < -0.3 is 9.64 Å². The van der Waals surface area contributed by atoms with E-state index in [2.05, 4.69) is 10.2 Å². The quantitative estimate of drug-likeness (QED) is 0.867. The Labute approximate surface area is 138 Å². The molecule has 1 aliphatic heterocycles. The number of carbonyl (C=O) groups is 1. The lowest BCUT2D eigenvalue weighted by Crippen LogP contribution is -2.41. The van der Waals surface area contributed by atoms with Crippen molar-refractivity contribution in [3.63, 3.8) is 0 Å². The van der Waals surface area contributed by atoms with Crippen molar-refractivity contribution in [2.75, 3.05) is 13.1 Å². The molecule has 7 heteroatoms. The number of likely N-dealkylation sites (tertiary alicyclic amines) is 1. The molecule has 3 rings (SSSR count). The van der Waals surface area contributed by atoms with Crippen LogP contribution >= 0.6 is 0 Å². The number of rotatable bonds is 3. The van der Waals surface area contributed by atoms with Crippen molar-refractivity contribution in [1.82, 2.24) is 15.1 Å². The molecule has 126 valence electrons. The van der Waals surface area contributed by atoms with Crippen LogP contribution in [0.25, 0.3) is 0 Å². The van der Waals surface area contributed by atoms with Gasteiger partial charge in [0.2, 0.25) is 5.88 Å². The molecule has 0 spiro atoms. The van der Waals surface area contributed by atoms with Crippen LogP contribution in [0.2, 0.25) is 0 Å². The maximum atomic E-state index is 13.3. The predicted octanol–water partition coefficient (Wildman–Crippen LogP) is 2.75. The van der Waals surface area contributed by atoms with Crippen molar-refractivity contribution in [3.05, 3.63) is 53.2 Å². The van der Waals surface area contributed by atoms with E-state index in [0.717, 1.165) is 17.8 Å². The number of benzene rings is 1. The van der Waals surface area contributed by atoms with Crippen molar-refractivity contribution >= 4 is 5.91 Å². The van der Waals surface area contributed by atoms with Crippen LogP contribution in [-0.2, 0) is 0 Å². The Hall–Kier alpha value is -2.57. The highest BCUT2D eigenvalue weighted by Gasteiger charge is 2.25. The summed E-state index contributed by atoms with van der Waals surface area (Å²) in [4.78, 5) is 14.0. The molecule has 24 heavy (non-hydrogen) atoms. The van der Waals surface area contributed by atoms with E-state index < -0.39 is 11.6 Å². The Morgan fingerprint density at radius 1 is 1.12 bits per heavy atom. The first-order valence-electron chi connectivity index (χ1n) is 7.74. The molecule has 1 fully saturated rings. The molecule has 0 aliphatic carbocycles. The van der Waals surface area contributed by atoms with Gasteiger partial charge in [0, 0.05) is 37.6 Å². The third-order valence-corrected chi connectivity index (χ3v) is 3.96. The fraction of sp³-hybridized carbons (Fsp3) is 0.353. The number of ether oxygens (including phenoxy) is 1. The Balaban J connectivity index is 1.57. The van der Waals surface area contributed by atoms with E-state index in [0.29, 0.717) is 31.8 Å². The standard InChI is InChI=1S/C17H17F2N3O2/c1-11-2-5-16(21-20-11)24-13-6-8-22(9-7-13)17(23)12-3-4-14(18)15(19)10-12/h2-5,10,13H,6-9H2,1H3. The van der Waals surface area contributed by atoms with Gasteiger partial charge in [0.15, 0.2) is 11.6 Å². The zero-order valence-corrected chi connectivity index (χ0v) is 13.2. The number of nitrogens with zero attached hydrogens (tertiary/aromatic N) is 3. The maximum Gasteiger partial charge on any atom is 0.253 e. The second-order valence-corrected chi connectivity index (χ2v) is 5.75. The zero-order chi connectivity index (χ0) is 17.1. The van der Waals surface area contributed by atoms with Crippen molar-refractivity contribution in [3.8, 4) is 5.88 Å². The molecule has 2 heterocycles. The summed E-state index contributed by atoms with van der Waals surface area (Å²) in [6.07, 6.45) is 1.24. The summed E-state index contributed by atoms with van der Waals surface area (Å²) in [6.45, 7) is 2.82. The van der Waals surface area contributed by atoms with E-state index in [-0.39, 0.29) is 17.6 Å². The Morgan fingerprint density at radius 3 is 2.50 bits per heavy atom. The van der Waals surface area contributed by atoms with E-state index in [1.165, 1.54) is 6.07 Å². The van der Waals surface area contributed by atoms with Gasteiger partial charge in [0.05, 0.1) is 5.69 Å². The summed E-state index contributed by atoms with van der Waals surface area (Å²) >= 11 is 0. The summed E-state index contributed by atoms with van der Waals surface area (Å²) < 4.78 is 32.0. The first-order valence-corrected chi connectivity index (χ1v) is 7.74. The highest BCUT2D eigenvalue weighted by atomic mass is 19.2. The van der Waals surface area contributed by atoms with Gasteiger partial charge >= 0.3 is 0 Å². The lowest BCUT2D eigenvalue weighted by Gasteiger charge is -2.31. The third-order valence-electron chi connectivity index (χ3n) is 3.96. The van der Waals surface area contributed by atoms with Gasteiger partial charge in [0.25, 0.3) is 5.91 Å².